The second-order valence-electron chi connectivity index (χ2n) is 7.69. The van der Waals surface area contributed by atoms with Crippen molar-refractivity contribution in [2.75, 3.05) is 18.5 Å². The molecule has 2 fully saturated rings. The third kappa shape index (κ3) is 4.87. The Bertz CT molecular complexity index is 725. The number of benzene rings is 1. The van der Waals surface area contributed by atoms with Gasteiger partial charge in [-0.2, -0.15) is 0 Å². The van der Waals surface area contributed by atoms with Gasteiger partial charge in [0.05, 0.1) is 5.92 Å². The first-order valence-corrected chi connectivity index (χ1v) is 9.77. The van der Waals surface area contributed by atoms with Crippen molar-refractivity contribution in [2.24, 2.45) is 5.92 Å². The van der Waals surface area contributed by atoms with Gasteiger partial charge in [-0.1, -0.05) is 25.3 Å². The molecule has 1 N–H and O–H groups in total. The maximum atomic E-state index is 12.3. The molecule has 1 heterocycles. The van der Waals surface area contributed by atoms with E-state index in [4.69, 9.17) is 4.74 Å². The van der Waals surface area contributed by atoms with Crippen LogP contribution in [0.2, 0.25) is 0 Å². The fraction of sp³-hybridized carbons (Fsp3) is 0.571. The van der Waals surface area contributed by atoms with Crippen LogP contribution in [-0.2, 0) is 19.1 Å². The van der Waals surface area contributed by atoms with Crippen molar-refractivity contribution in [1.29, 1.82) is 0 Å². The summed E-state index contributed by atoms with van der Waals surface area (Å²) in [7, 11) is 0. The van der Waals surface area contributed by atoms with Crippen LogP contribution in [0.5, 0.6) is 0 Å². The molecule has 0 spiro atoms. The summed E-state index contributed by atoms with van der Waals surface area (Å²) in [4.78, 5) is 38.4. The molecule has 2 amide bonds. The number of rotatable bonds is 5. The monoisotopic (exact) mass is 372 g/mol. The summed E-state index contributed by atoms with van der Waals surface area (Å²) < 4.78 is 5.17. The van der Waals surface area contributed by atoms with Crippen molar-refractivity contribution in [1.82, 2.24) is 4.90 Å². The number of esters is 1. The first kappa shape index (κ1) is 19.4. The lowest BCUT2D eigenvalue weighted by molar-refractivity contribution is -0.151. The molecule has 6 nitrogen and oxygen atoms in total. The van der Waals surface area contributed by atoms with Crippen molar-refractivity contribution in [3.05, 3.63) is 29.3 Å². The fourth-order valence-corrected chi connectivity index (χ4v) is 3.91. The first-order valence-electron chi connectivity index (χ1n) is 9.77. The van der Waals surface area contributed by atoms with Gasteiger partial charge in [-0.15, -0.1) is 0 Å². The van der Waals surface area contributed by atoms with Crippen LogP contribution in [0.25, 0.3) is 0 Å². The van der Waals surface area contributed by atoms with Crippen LogP contribution in [0.4, 0.5) is 5.69 Å². The molecule has 3 rings (SSSR count). The van der Waals surface area contributed by atoms with E-state index in [1.807, 2.05) is 36.9 Å². The highest BCUT2D eigenvalue weighted by Gasteiger charge is 2.39. The van der Waals surface area contributed by atoms with Crippen LogP contribution >= 0.6 is 0 Å². The van der Waals surface area contributed by atoms with Gasteiger partial charge in [0.15, 0.2) is 6.61 Å². The molecular formula is C21H28N2O4. The number of likely N-dealkylation sites (tertiary alicyclic amines) is 1. The summed E-state index contributed by atoms with van der Waals surface area (Å²) in [5, 5.41) is 2.73. The van der Waals surface area contributed by atoms with Gasteiger partial charge in [0.2, 0.25) is 5.91 Å². The normalized spacial score (nSPS) is 20.6. The number of hydrogen-bond acceptors (Lipinski definition) is 4. The second-order valence-corrected chi connectivity index (χ2v) is 7.69. The highest BCUT2D eigenvalue weighted by molar-refractivity contribution is 5.93. The van der Waals surface area contributed by atoms with Gasteiger partial charge in [0.25, 0.3) is 5.91 Å². The standard InChI is InChI=1S/C21H28N2O4/c1-14-8-9-17(10-15(14)2)22-19(24)13-27-21(26)16-11-20(25)23(12-16)18-6-4-3-5-7-18/h8-10,16,18H,3-7,11-13H2,1-2H3,(H,22,24)/t16-/m0/s1. The Morgan fingerprint density at radius 1 is 1.15 bits per heavy atom. The first-order chi connectivity index (χ1) is 12.9. The Kier molecular flexibility index (Phi) is 6.14. The second kappa shape index (κ2) is 8.55. The summed E-state index contributed by atoms with van der Waals surface area (Å²) in [6.07, 6.45) is 5.73. The Hall–Kier alpha value is -2.37. The average molecular weight is 372 g/mol. The minimum Gasteiger partial charge on any atom is -0.455 e. The Balaban J connectivity index is 1.46. The lowest BCUT2D eigenvalue weighted by Gasteiger charge is -2.31. The van der Waals surface area contributed by atoms with Crippen LogP contribution < -0.4 is 5.32 Å². The minimum absolute atomic E-state index is 0.0310. The van der Waals surface area contributed by atoms with Crippen LogP contribution in [-0.4, -0.2) is 41.9 Å². The summed E-state index contributed by atoms with van der Waals surface area (Å²) in [5.41, 5.74) is 2.91. The van der Waals surface area contributed by atoms with Gasteiger partial charge in [-0.05, 0) is 49.9 Å². The van der Waals surface area contributed by atoms with Gasteiger partial charge < -0.3 is 15.0 Å². The zero-order valence-corrected chi connectivity index (χ0v) is 16.1. The van der Waals surface area contributed by atoms with Gasteiger partial charge in [-0.25, -0.2) is 0 Å². The molecule has 0 radical (unpaired) electrons. The lowest BCUT2D eigenvalue weighted by atomic mass is 9.94. The topological polar surface area (TPSA) is 75.7 Å². The number of ether oxygens (including phenoxy) is 1. The van der Waals surface area contributed by atoms with E-state index in [1.165, 1.54) is 6.42 Å². The van der Waals surface area contributed by atoms with Crippen LogP contribution in [0, 0.1) is 19.8 Å². The number of carbonyl (C=O) groups excluding carboxylic acids is 3. The maximum Gasteiger partial charge on any atom is 0.311 e. The predicted molar refractivity (Wildman–Crippen MR) is 102 cm³/mol. The van der Waals surface area contributed by atoms with E-state index in [0.717, 1.165) is 36.8 Å². The summed E-state index contributed by atoms with van der Waals surface area (Å²) >= 11 is 0. The molecule has 27 heavy (non-hydrogen) atoms. The van der Waals surface area contributed by atoms with E-state index in [2.05, 4.69) is 5.32 Å². The highest BCUT2D eigenvalue weighted by Crippen LogP contribution is 2.29. The number of aryl methyl sites for hydroxylation is 2. The Labute approximate surface area is 160 Å². The van der Waals surface area contributed by atoms with Crippen molar-refractivity contribution in [3.8, 4) is 0 Å². The number of anilines is 1. The number of hydrogen-bond donors (Lipinski definition) is 1. The molecule has 0 unspecified atom stereocenters. The van der Waals surface area contributed by atoms with Crippen molar-refractivity contribution in [3.63, 3.8) is 0 Å². The molecule has 6 heteroatoms. The molecule has 0 aromatic heterocycles. The van der Waals surface area contributed by atoms with Crippen LogP contribution in [0.15, 0.2) is 18.2 Å². The van der Waals surface area contributed by atoms with E-state index in [9.17, 15) is 14.4 Å². The van der Waals surface area contributed by atoms with Gasteiger partial charge in [0, 0.05) is 24.7 Å². The summed E-state index contributed by atoms with van der Waals surface area (Å²) in [6, 6.07) is 5.89. The molecule has 1 saturated carbocycles. The van der Waals surface area contributed by atoms with Gasteiger partial charge >= 0.3 is 5.97 Å². The molecule has 1 atom stereocenters. The van der Waals surface area contributed by atoms with E-state index in [1.54, 1.807) is 0 Å². The SMILES string of the molecule is Cc1ccc(NC(=O)COC(=O)[C@H]2CC(=O)N(C3CCCCC3)C2)cc1C. The van der Waals surface area contributed by atoms with Gasteiger partial charge in [-0.3, -0.25) is 14.4 Å². The summed E-state index contributed by atoms with van der Waals surface area (Å²) in [5.74, 6) is -1.27. The quantitative estimate of drug-likeness (QED) is 0.806. The molecule has 1 aliphatic carbocycles. The van der Waals surface area contributed by atoms with Crippen LogP contribution in [0.3, 0.4) is 0 Å². The average Bonchev–Trinajstić information content (AvgIpc) is 3.05. The third-order valence-corrected chi connectivity index (χ3v) is 5.64. The minimum atomic E-state index is -0.464. The molecule has 1 aromatic rings. The zero-order chi connectivity index (χ0) is 19.4. The highest BCUT2D eigenvalue weighted by atomic mass is 16.5. The molecule has 1 aromatic carbocycles. The number of nitrogens with one attached hydrogen (secondary N) is 1. The maximum absolute atomic E-state index is 12.3. The molecule has 2 aliphatic rings. The zero-order valence-electron chi connectivity index (χ0n) is 16.1. The largest absolute Gasteiger partial charge is 0.455 e. The number of nitrogens with zero attached hydrogens (tertiary/aromatic N) is 1. The molecule has 0 bridgehead atoms. The smallest absolute Gasteiger partial charge is 0.311 e. The van der Waals surface area contributed by atoms with Crippen molar-refractivity contribution < 1.29 is 19.1 Å². The predicted octanol–water partition coefficient (Wildman–Crippen LogP) is 2.97. The van der Waals surface area contributed by atoms with E-state index in [-0.39, 0.29) is 30.9 Å². The molecule has 1 aliphatic heterocycles. The third-order valence-electron chi connectivity index (χ3n) is 5.64. The van der Waals surface area contributed by atoms with Crippen LogP contribution in [0.1, 0.15) is 49.7 Å². The lowest BCUT2D eigenvalue weighted by Crippen LogP contribution is -2.38. The molecular weight excluding hydrogens is 344 g/mol. The van der Waals surface area contributed by atoms with Crippen molar-refractivity contribution in [2.45, 2.75) is 58.4 Å². The number of carbonyl (C=O) groups is 3. The van der Waals surface area contributed by atoms with Gasteiger partial charge in [0.1, 0.15) is 0 Å². The number of amides is 2. The van der Waals surface area contributed by atoms with E-state index < -0.39 is 11.9 Å². The Morgan fingerprint density at radius 3 is 2.59 bits per heavy atom. The van der Waals surface area contributed by atoms with Crippen molar-refractivity contribution >= 4 is 23.5 Å². The summed E-state index contributed by atoms with van der Waals surface area (Å²) in [6.45, 7) is 4.06. The molecule has 1 saturated heterocycles. The van der Waals surface area contributed by atoms with E-state index >= 15 is 0 Å². The fourth-order valence-electron chi connectivity index (χ4n) is 3.91. The Morgan fingerprint density at radius 2 is 1.89 bits per heavy atom. The van der Waals surface area contributed by atoms with E-state index in [0.29, 0.717) is 12.2 Å². The molecule has 146 valence electrons.